The van der Waals surface area contributed by atoms with Crippen LogP contribution >= 0.6 is 11.6 Å². The van der Waals surface area contributed by atoms with Crippen molar-refractivity contribution in [3.05, 3.63) is 118 Å². The third-order valence-corrected chi connectivity index (χ3v) is 13.7. The van der Waals surface area contributed by atoms with E-state index in [1.54, 1.807) is 18.2 Å². The van der Waals surface area contributed by atoms with Crippen LogP contribution < -0.4 is 19.7 Å². The molecule has 8 rings (SSSR count). The zero-order valence-electron chi connectivity index (χ0n) is 34.2. The fourth-order valence-electron chi connectivity index (χ4n) is 8.54. The lowest BCUT2D eigenvalue weighted by molar-refractivity contribution is 0.0699. The predicted octanol–water partition coefficient (Wildman–Crippen LogP) is 9.67. The van der Waals surface area contributed by atoms with Crippen LogP contribution in [0.1, 0.15) is 67.4 Å². The molecule has 0 bridgehead atoms. The van der Waals surface area contributed by atoms with Crippen LogP contribution in [0.4, 0.5) is 11.4 Å². The molecule has 3 heterocycles. The molecule has 310 valence electrons. The Bertz CT molecular complexity index is 2450. The lowest BCUT2D eigenvalue weighted by Gasteiger charge is -2.39. The Kier molecular flexibility index (Phi) is 12.1. The normalized spacial score (nSPS) is 17.9. The maximum Gasteiger partial charge on any atom is 0.268 e. The van der Waals surface area contributed by atoms with Gasteiger partial charge in [0.2, 0.25) is 0 Å². The van der Waals surface area contributed by atoms with Gasteiger partial charge in [-0.05, 0) is 134 Å². The molecule has 2 aliphatic heterocycles. The number of carbonyl (C=O) groups excluding carboxylic acids is 1. The third-order valence-electron chi connectivity index (χ3n) is 12.1. The monoisotopic (exact) mass is 835 g/mol. The van der Waals surface area contributed by atoms with Gasteiger partial charge >= 0.3 is 0 Å². The van der Waals surface area contributed by atoms with Crippen LogP contribution in [0.3, 0.4) is 0 Å². The molecular formula is C47H54ClN5O5S. The van der Waals surface area contributed by atoms with Crippen LogP contribution in [-0.2, 0) is 14.8 Å². The molecule has 1 amide bonds. The van der Waals surface area contributed by atoms with Gasteiger partial charge in [0, 0.05) is 92.0 Å². The molecule has 2 saturated heterocycles. The number of allylic oxidation sites excluding steroid dienone is 1. The summed E-state index contributed by atoms with van der Waals surface area (Å²) in [5.41, 5.74) is 8.10. The molecular weight excluding hydrogens is 782 g/mol. The summed E-state index contributed by atoms with van der Waals surface area (Å²) in [4.78, 5) is 22.0. The number of aryl methyl sites for hydroxylation is 1. The fraction of sp³-hybridized carbons (Fsp3) is 0.383. The molecule has 0 radical (unpaired) electrons. The van der Waals surface area contributed by atoms with Gasteiger partial charge in [0.15, 0.2) is 0 Å². The number of hydrogen-bond donors (Lipinski definition) is 3. The van der Waals surface area contributed by atoms with Crippen LogP contribution in [0.5, 0.6) is 11.5 Å². The number of halogens is 1. The van der Waals surface area contributed by atoms with E-state index in [9.17, 15) is 13.2 Å². The summed E-state index contributed by atoms with van der Waals surface area (Å²) >= 11 is 6.25. The number of fused-ring (bicyclic) bond motifs is 1. The van der Waals surface area contributed by atoms with Gasteiger partial charge in [0.25, 0.3) is 15.9 Å². The second-order valence-electron chi connectivity index (χ2n) is 17.1. The van der Waals surface area contributed by atoms with Crippen molar-refractivity contribution < 1.29 is 22.7 Å². The smallest absolute Gasteiger partial charge is 0.268 e. The van der Waals surface area contributed by atoms with E-state index in [4.69, 9.17) is 21.1 Å². The Morgan fingerprint density at radius 3 is 2.49 bits per heavy atom. The van der Waals surface area contributed by atoms with Gasteiger partial charge in [0.05, 0.1) is 10.5 Å². The summed E-state index contributed by atoms with van der Waals surface area (Å²) in [6.45, 7) is 13.2. The van der Waals surface area contributed by atoms with Crippen LogP contribution in [0.25, 0.3) is 16.5 Å². The van der Waals surface area contributed by atoms with Crippen LogP contribution in [0, 0.1) is 18.3 Å². The van der Waals surface area contributed by atoms with Gasteiger partial charge in [-0.1, -0.05) is 43.2 Å². The number of aromatic amines is 1. The van der Waals surface area contributed by atoms with Crippen LogP contribution in [0.2, 0.25) is 5.02 Å². The van der Waals surface area contributed by atoms with Gasteiger partial charge < -0.3 is 24.7 Å². The Hall–Kier alpha value is -4.81. The van der Waals surface area contributed by atoms with Crippen molar-refractivity contribution in [1.29, 1.82) is 0 Å². The highest BCUT2D eigenvalue weighted by atomic mass is 35.5. The number of piperazine rings is 1. The summed E-state index contributed by atoms with van der Waals surface area (Å²) in [6, 6.07) is 26.2. The number of hydrogen-bond acceptors (Lipinski definition) is 8. The predicted molar refractivity (Wildman–Crippen MR) is 237 cm³/mol. The number of carbonyl (C=O) groups is 1. The average Bonchev–Trinajstić information content (AvgIpc) is 3.70. The largest absolute Gasteiger partial charge is 0.456 e. The Balaban J connectivity index is 0.986. The first-order chi connectivity index (χ1) is 28.4. The first kappa shape index (κ1) is 40.9. The number of benzene rings is 4. The molecule has 0 spiro atoms. The quantitative estimate of drug-likeness (QED) is 0.114. The molecule has 59 heavy (non-hydrogen) atoms. The SMILES string of the molecule is Cc1cc(S(=O)(=O)NC(=O)c2ccc(N3CCN(CC4=C(c5ccc(Cl)cc5)CC(C)(C)CC4)CC3)cc2Oc2ccc3[nH]ccc3c2)ccc1NCC1CCOCC1. The van der Waals surface area contributed by atoms with E-state index >= 15 is 0 Å². The number of anilines is 2. The van der Waals surface area contributed by atoms with E-state index in [0.29, 0.717) is 11.7 Å². The molecule has 0 unspecified atom stereocenters. The Morgan fingerprint density at radius 1 is 0.949 bits per heavy atom. The Labute approximate surface area is 353 Å². The minimum atomic E-state index is -4.20. The number of H-pyrrole nitrogens is 1. The molecule has 0 saturated carbocycles. The van der Waals surface area contributed by atoms with Gasteiger partial charge in [0.1, 0.15) is 11.5 Å². The van der Waals surface area contributed by atoms with E-state index in [-0.39, 0.29) is 21.6 Å². The standard InChI is InChI=1S/C47H54ClN5O5S/c1-32-26-40(10-13-43(32)50-30-33-16-24-57-25-17-33)59(55,56)51-46(54)41-11-8-38(28-45(41)58-39-9-12-44-35(27-39)15-19-49-44)53-22-20-52(21-23-53)31-36-14-18-47(2,3)29-42(36)34-4-6-37(48)7-5-34/h4-13,15,19,26-28,33,49-50H,14,16-18,20-25,29-31H2,1-3H3,(H,51,54). The molecule has 1 aliphatic carbocycles. The lowest BCUT2D eigenvalue weighted by atomic mass is 9.72. The van der Waals surface area contributed by atoms with Crippen molar-refractivity contribution in [2.45, 2.75) is 57.8 Å². The Morgan fingerprint density at radius 2 is 1.73 bits per heavy atom. The van der Waals surface area contributed by atoms with Crippen molar-refractivity contribution in [1.82, 2.24) is 14.6 Å². The van der Waals surface area contributed by atoms with E-state index in [2.05, 4.69) is 50.8 Å². The van der Waals surface area contributed by atoms with Crippen LogP contribution in [-0.4, -0.2) is 76.7 Å². The van der Waals surface area contributed by atoms with Crippen LogP contribution in [0.15, 0.2) is 102 Å². The summed E-state index contributed by atoms with van der Waals surface area (Å²) in [7, 11) is -4.20. The topological polar surface area (TPSA) is 116 Å². The summed E-state index contributed by atoms with van der Waals surface area (Å²) in [6.07, 6.45) is 7.16. The first-order valence-electron chi connectivity index (χ1n) is 20.7. The number of rotatable bonds is 12. The summed E-state index contributed by atoms with van der Waals surface area (Å²) in [5, 5.41) is 5.17. The molecule has 2 fully saturated rings. The molecule has 4 aromatic carbocycles. The number of aromatic nitrogens is 1. The van der Waals surface area contributed by atoms with Gasteiger partial charge in [-0.3, -0.25) is 9.69 Å². The molecule has 3 aliphatic rings. The van der Waals surface area contributed by atoms with Crippen molar-refractivity contribution in [2.75, 3.05) is 62.7 Å². The third kappa shape index (κ3) is 9.81. The fourth-order valence-corrected chi connectivity index (χ4v) is 9.72. The van der Waals surface area contributed by atoms with E-state index in [1.807, 2.05) is 61.7 Å². The van der Waals surface area contributed by atoms with Crippen molar-refractivity contribution >= 4 is 55.4 Å². The molecule has 12 heteroatoms. The molecule has 3 N–H and O–H groups in total. The van der Waals surface area contributed by atoms with Crippen molar-refractivity contribution in [3.63, 3.8) is 0 Å². The number of nitrogens with one attached hydrogen (secondary N) is 3. The highest BCUT2D eigenvalue weighted by Gasteiger charge is 2.30. The number of nitrogens with zero attached hydrogens (tertiary/aromatic N) is 2. The zero-order chi connectivity index (χ0) is 41.1. The molecule has 5 aromatic rings. The van der Waals surface area contributed by atoms with E-state index in [0.717, 1.165) is 111 Å². The number of sulfonamides is 1. The van der Waals surface area contributed by atoms with Gasteiger partial charge in [-0.15, -0.1) is 0 Å². The summed E-state index contributed by atoms with van der Waals surface area (Å²) < 4.78 is 41.6. The van der Waals surface area contributed by atoms with E-state index in [1.165, 1.54) is 29.2 Å². The highest BCUT2D eigenvalue weighted by Crippen LogP contribution is 2.43. The number of ether oxygens (including phenoxy) is 2. The maximum absolute atomic E-state index is 13.9. The molecule has 0 atom stereocenters. The second-order valence-corrected chi connectivity index (χ2v) is 19.2. The van der Waals surface area contributed by atoms with Gasteiger partial charge in [-0.25, -0.2) is 13.1 Å². The minimum absolute atomic E-state index is 0.0165. The second kappa shape index (κ2) is 17.4. The van der Waals surface area contributed by atoms with Crippen molar-refractivity contribution in [3.8, 4) is 11.5 Å². The van der Waals surface area contributed by atoms with E-state index < -0.39 is 15.9 Å². The average molecular weight is 836 g/mol. The first-order valence-corrected chi connectivity index (χ1v) is 22.6. The summed E-state index contributed by atoms with van der Waals surface area (Å²) in [5.74, 6) is 0.559. The van der Waals surface area contributed by atoms with Gasteiger partial charge in [-0.2, -0.15) is 0 Å². The maximum atomic E-state index is 13.9. The molecule has 10 nitrogen and oxygen atoms in total. The highest BCUT2D eigenvalue weighted by molar-refractivity contribution is 7.90. The van der Waals surface area contributed by atoms with Crippen molar-refractivity contribution in [2.24, 2.45) is 11.3 Å². The molecule has 1 aromatic heterocycles. The number of amides is 1. The zero-order valence-corrected chi connectivity index (χ0v) is 35.7. The minimum Gasteiger partial charge on any atom is -0.456 e. The lowest BCUT2D eigenvalue weighted by Crippen LogP contribution is -2.47.